The summed E-state index contributed by atoms with van der Waals surface area (Å²) in [6, 6.07) is 0. The van der Waals surface area contributed by atoms with Crippen LogP contribution in [0.1, 0.15) is 105 Å². The normalized spacial score (nSPS) is 9.84. The fourth-order valence-corrected chi connectivity index (χ4v) is 2.33. The van der Waals surface area contributed by atoms with Gasteiger partial charge in [-0.1, -0.05) is 64.1 Å². The van der Waals surface area contributed by atoms with E-state index in [1.54, 1.807) is 41.5 Å². The van der Waals surface area contributed by atoms with E-state index in [1.807, 2.05) is 35.0 Å². The van der Waals surface area contributed by atoms with Gasteiger partial charge in [-0.25, -0.2) is 9.59 Å². The SMILES string of the molecule is C.C.C.C.C.C=C(C)C(=O)OCCC.C=C(C)C(=O)OCC[N+](C)(C)C.CCCOC(=O)C(C)(C)C(C)(C)C(=O)OCC[N+](C)(C)C.[Cl-].[Cl-]. The second kappa shape index (κ2) is 34.3. The average Bonchev–Trinajstić information content (AvgIpc) is 2.84. The maximum atomic E-state index is 12.3. The molecule has 0 spiro atoms. The van der Waals surface area contributed by atoms with E-state index in [0.717, 1.165) is 34.9 Å². The van der Waals surface area contributed by atoms with Gasteiger partial charge in [0.1, 0.15) is 26.3 Å². The molecule has 0 amide bonds. The van der Waals surface area contributed by atoms with Gasteiger partial charge in [-0.15, -0.1) is 0 Å². The molecule has 10 nitrogen and oxygen atoms in total. The number of carbonyl (C=O) groups excluding carboxylic acids is 4. The molecule has 0 N–H and O–H groups in total. The average molecular weight is 754 g/mol. The molecule has 12 heteroatoms. The molecule has 0 aromatic carbocycles. The third-order valence-electron chi connectivity index (χ3n) is 6.15. The molecule has 0 saturated carbocycles. The number of carbonyl (C=O) groups is 4. The highest BCUT2D eigenvalue weighted by Gasteiger charge is 2.50. The Morgan fingerprint density at radius 3 is 0.980 bits per heavy atom. The summed E-state index contributed by atoms with van der Waals surface area (Å²) in [5.74, 6) is -1.33. The Hall–Kier alpha value is -2.14. The first kappa shape index (κ1) is 72.5. The standard InChI is InChI=1S/C16H32NO4.C9H18NO2.C7H12O2.5CH4.2ClH/c1-9-11-20-13(18)15(2,3)16(4,5)14(19)21-12-10-17(6,7)8;1-8(2)9(11)12-7-6-10(3,4)5;1-4-5-9-7(8)6(2)3;;;;;;;/h9-12H2,1-8H3;1,6-7H2,2-5H3;2,4-5H2,1,3H3;5*1H4;2*1H/q2*+1;;;;;;;;/p-2. The molecule has 0 unspecified atom stereocenters. The molecule has 0 aromatic rings. The lowest BCUT2D eigenvalue weighted by Crippen LogP contribution is -3.00. The van der Waals surface area contributed by atoms with E-state index in [2.05, 4.69) is 34.3 Å². The van der Waals surface area contributed by atoms with Crippen molar-refractivity contribution in [3.8, 4) is 0 Å². The number of rotatable bonds is 15. The summed E-state index contributed by atoms with van der Waals surface area (Å²) < 4.78 is 21.7. The van der Waals surface area contributed by atoms with Crippen LogP contribution in [0.5, 0.6) is 0 Å². The van der Waals surface area contributed by atoms with Crippen LogP contribution in [0.15, 0.2) is 24.3 Å². The number of nitrogens with zero attached hydrogens (tertiary/aromatic N) is 2. The van der Waals surface area contributed by atoms with E-state index >= 15 is 0 Å². The Labute approximate surface area is 317 Å². The van der Waals surface area contributed by atoms with Crippen LogP contribution in [0.4, 0.5) is 0 Å². The van der Waals surface area contributed by atoms with Gasteiger partial charge in [-0.2, -0.15) is 0 Å². The van der Waals surface area contributed by atoms with Crippen molar-refractivity contribution < 1.29 is 71.9 Å². The van der Waals surface area contributed by atoms with Gasteiger partial charge in [0.25, 0.3) is 0 Å². The van der Waals surface area contributed by atoms with Gasteiger partial charge >= 0.3 is 23.9 Å². The highest BCUT2D eigenvalue weighted by molar-refractivity contribution is 5.88. The highest BCUT2D eigenvalue weighted by Crippen LogP contribution is 2.40. The lowest BCUT2D eigenvalue weighted by Gasteiger charge is -2.37. The molecule has 0 saturated heterocycles. The summed E-state index contributed by atoms with van der Waals surface area (Å²) in [5, 5.41) is 0. The predicted octanol–water partition coefficient (Wildman–Crippen LogP) is 1.76. The van der Waals surface area contributed by atoms with Crippen LogP contribution < -0.4 is 24.8 Å². The minimum Gasteiger partial charge on any atom is -1.00 e. The maximum absolute atomic E-state index is 12.3. The smallest absolute Gasteiger partial charge is 0.333 e. The first-order chi connectivity index (χ1) is 18.9. The van der Waals surface area contributed by atoms with Crippen LogP contribution in [0.3, 0.4) is 0 Å². The molecule has 0 fully saturated rings. The van der Waals surface area contributed by atoms with Gasteiger partial charge in [-0.3, -0.25) is 9.59 Å². The van der Waals surface area contributed by atoms with Crippen molar-refractivity contribution in [2.75, 3.05) is 81.8 Å². The topological polar surface area (TPSA) is 105 Å². The van der Waals surface area contributed by atoms with Crippen LogP contribution in [-0.4, -0.2) is 115 Å². The van der Waals surface area contributed by atoms with Crippen molar-refractivity contribution in [3.63, 3.8) is 0 Å². The first-order valence-corrected chi connectivity index (χ1v) is 14.5. The van der Waals surface area contributed by atoms with Gasteiger partial charge in [0.15, 0.2) is 0 Å². The summed E-state index contributed by atoms with van der Waals surface area (Å²) in [5.41, 5.74) is -0.960. The summed E-state index contributed by atoms with van der Waals surface area (Å²) >= 11 is 0. The summed E-state index contributed by atoms with van der Waals surface area (Å²) in [6.45, 7) is 24.2. The van der Waals surface area contributed by atoms with Crippen LogP contribution in [0, 0.1) is 10.8 Å². The zero-order valence-electron chi connectivity index (χ0n) is 30.0. The number of esters is 4. The Bertz CT molecular complexity index is 892. The summed E-state index contributed by atoms with van der Waals surface area (Å²) in [4.78, 5) is 46.0. The van der Waals surface area contributed by atoms with Crippen LogP contribution >= 0.6 is 0 Å². The lowest BCUT2D eigenvalue weighted by atomic mass is 9.68. The molecule has 302 valence electrons. The van der Waals surface area contributed by atoms with E-state index in [-0.39, 0.29) is 85.8 Å². The molecular weight excluding hydrogens is 671 g/mol. The van der Waals surface area contributed by atoms with E-state index < -0.39 is 10.8 Å². The van der Waals surface area contributed by atoms with Gasteiger partial charge in [0.05, 0.1) is 66.3 Å². The molecule has 0 radical (unpaired) electrons. The third kappa shape index (κ3) is 37.0. The fraction of sp³-hybridized carbons (Fsp3) is 0.784. The van der Waals surface area contributed by atoms with Gasteiger partial charge in [0, 0.05) is 11.1 Å². The summed E-state index contributed by atoms with van der Waals surface area (Å²) in [6.07, 6.45) is 1.62. The summed E-state index contributed by atoms with van der Waals surface area (Å²) in [7, 11) is 12.2. The number of quaternary nitrogens is 2. The molecular formula is C37H82Cl2N2O8. The number of hydrogen-bond acceptors (Lipinski definition) is 8. The Kier molecular flexibility index (Phi) is 50.8. The Balaban J connectivity index is -0.0000000591. The Morgan fingerprint density at radius 2 is 0.735 bits per heavy atom. The number of likely N-dealkylation sites (N-methyl/N-ethyl adjacent to an activating group) is 2. The van der Waals surface area contributed by atoms with Crippen LogP contribution in [0.2, 0.25) is 0 Å². The minimum atomic E-state index is -0.942. The molecule has 0 aliphatic heterocycles. The van der Waals surface area contributed by atoms with Crippen molar-refractivity contribution in [3.05, 3.63) is 24.3 Å². The van der Waals surface area contributed by atoms with Crippen LogP contribution in [0.25, 0.3) is 0 Å². The lowest BCUT2D eigenvalue weighted by molar-refractivity contribution is -0.870. The van der Waals surface area contributed by atoms with Gasteiger partial charge in [-0.05, 0) is 54.4 Å². The van der Waals surface area contributed by atoms with E-state index in [4.69, 9.17) is 18.9 Å². The molecule has 0 bridgehead atoms. The van der Waals surface area contributed by atoms with E-state index in [0.29, 0.717) is 37.6 Å². The van der Waals surface area contributed by atoms with E-state index in [9.17, 15) is 19.2 Å². The molecule has 49 heavy (non-hydrogen) atoms. The number of halogens is 2. The quantitative estimate of drug-likeness (QED) is 0.108. The van der Waals surface area contributed by atoms with Gasteiger partial charge < -0.3 is 52.7 Å². The van der Waals surface area contributed by atoms with Crippen molar-refractivity contribution in [1.82, 2.24) is 0 Å². The first-order valence-electron chi connectivity index (χ1n) is 14.5. The highest BCUT2D eigenvalue weighted by atomic mass is 35.5. The number of ether oxygens (including phenoxy) is 4. The predicted molar refractivity (Wildman–Crippen MR) is 201 cm³/mol. The molecule has 0 aliphatic carbocycles. The van der Waals surface area contributed by atoms with E-state index in [1.165, 1.54) is 0 Å². The molecule has 0 heterocycles. The zero-order valence-corrected chi connectivity index (χ0v) is 31.5. The minimum absolute atomic E-state index is 0. The molecule has 0 aliphatic rings. The molecule has 0 atom stereocenters. The third-order valence-corrected chi connectivity index (χ3v) is 6.15. The van der Waals surface area contributed by atoms with Crippen LogP contribution in [-0.2, 0) is 38.1 Å². The second-order valence-electron chi connectivity index (χ2n) is 13.4. The second-order valence-corrected chi connectivity index (χ2v) is 13.4. The Morgan fingerprint density at radius 1 is 0.510 bits per heavy atom. The van der Waals surface area contributed by atoms with Crippen molar-refractivity contribution >= 4 is 23.9 Å². The molecule has 0 aromatic heterocycles. The molecule has 0 rings (SSSR count). The monoisotopic (exact) mass is 753 g/mol. The number of hydrogen-bond donors (Lipinski definition) is 0. The largest absolute Gasteiger partial charge is 1.00 e. The zero-order chi connectivity index (χ0) is 33.9. The van der Waals surface area contributed by atoms with Crippen molar-refractivity contribution in [1.29, 1.82) is 0 Å². The maximum Gasteiger partial charge on any atom is 0.333 e. The van der Waals surface area contributed by atoms with Crippen molar-refractivity contribution in [2.45, 2.75) is 105 Å². The van der Waals surface area contributed by atoms with Crippen molar-refractivity contribution in [2.24, 2.45) is 10.8 Å². The fourth-order valence-electron chi connectivity index (χ4n) is 2.33. The van der Waals surface area contributed by atoms with Gasteiger partial charge in [0.2, 0.25) is 0 Å².